The molecule has 0 aromatic rings. The van der Waals surface area contributed by atoms with Crippen molar-refractivity contribution in [3.05, 3.63) is 12.2 Å². The van der Waals surface area contributed by atoms with E-state index in [1.807, 2.05) is 0 Å². The van der Waals surface area contributed by atoms with Crippen LogP contribution in [0.4, 0.5) is 48.3 Å². The van der Waals surface area contributed by atoms with E-state index in [4.69, 9.17) is 5.11 Å². The minimum absolute atomic E-state index is 0.387. The fraction of sp³-hybridized carbons (Fsp3) is 0.750. The molecule has 0 bridgehead atoms. The zero-order chi connectivity index (χ0) is 22.1. The van der Waals surface area contributed by atoms with Crippen molar-refractivity contribution in [2.45, 2.75) is 43.1 Å². The van der Waals surface area contributed by atoms with E-state index in [0.29, 0.717) is 0 Å². The van der Waals surface area contributed by atoms with Crippen LogP contribution >= 0.6 is 0 Å². The molecule has 0 radical (unpaired) electrons. The van der Waals surface area contributed by atoms with Crippen LogP contribution in [0.15, 0.2) is 12.2 Å². The monoisotopic (exact) mass is 428 g/mol. The predicted molar refractivity (Wildman–Crippen MR) is 63.6 cm³/mol. The van der Waals surface area contributed by atoms with Gasteiger partial charge in [-0.2, -0.15) is 43.9 Å². The van der Waals surface area contributed by atoms with E-state index < -0.39 is 55.3 Å². The minimum Gasteiger partial charge on any atom is -0.454 e. The third kappa shape index (κ3) is 4.80. The third-order valence-corrected chi connectivity index (χ3v) is 2.86. The molecule has 1 atom stereocenters. The molecule has 0 aliphatic heterocycles. The van der Waals surface area contributed by atoms with Gasteiger partial charge in [0.1, 0.15) is 6.10 Å². The first-order valence-corrected chi connectivity index (χ1v) is 6.45. The van der Waals surface area contributed by atoms with Gasteiger partial charge in [0.25, 0.3) is 0 Å². The van der Waals surface area contributed by atoms with E-state index in [-0.39, 0.29) is 5.57 Å². The number of esters is 1. The maximum absolute atomic E-state index is 13.3. The van der Waals surface area contributed by atoms with E-state index in [9.17, 15) is 53.1 Å². The number of carbonyl (C=O) groups excluding carboxylic acids is 1. The molecule has 0 fully saturated rings. The molecule has 0 saturated heterocycles. The lowest BCUT2D eigenvalue weighted by atomic mass is 9.95. The lowest BCUT2D eigenvalue weighted by Gasteiger charge is -2.39. The van der Waals surface area contributed by atoms with Gasteiger partial charge in [0.05, 0.1) is 13.2 Å². The second kappa shape index (κ2) is 7.77. The van der Waals surface area contributed by atoms with Gasteiger partial charge in [-0.15, -0.1) is 0 Å². The highest BCUT2D eigenvalue weighted by Gasteiger charge is 2.90. The SMILES string of the molecule is C=C(C)C(=O)OC(CO)COC(F)(F)C(F)(F)C(F)(C(F)(F)F)C(F)(F)F. The van der Waals surface area contributed by atoms with Crippen LogP contribution in [0.5, 0.6) is 0 Å². The quantitative estimate of drug-likeness (QED) is 0.365. The van der Waals surface area contributed by atoms with E-state index in [0.717, 1.165) is 6.92 Å². The molecule has 1 unspecified atom stereocenters. The number of aliphatic hydroxyl groups is 1. The molecular formula is C12H11F11O4. The standard InChI is InChI=1S/C12H11F11O4/c1-5(2)7(25)27-6(3-24)4-26-12(22,23)9(14,15)8(13,10(16,17)18)11(19,20)21/h6,24H,1,3-4H2,2H3. The first-order chi connectivity index (χ1) is 11.8. The molecule has 27 heavy (non-hydrogen) atoms. The Bertz CT molecular complexity index is 539. The Morgan fingerprint density at radius 2 is 1.37 bits per heavy atom. The fourth-order valence-electron chi connectivity index (χ4n) is 1.38. The van der Waals surface area contributed by atoms with Crippen LogP contribution in [-0.4, -0.2) is 60.4 Å². The van der Waals surface area contributed by atoms with Gasteiger partial charge in [0, 0.05) is 5.57 Å². The number of carbonyl (C=O) groups is 1. The van der Waals surface area contributed by atoms with E-state index >= 15 is 0 Å². The Balaban J connectivity index is 5.70. The summed E-state index contributed by atoms with van der Waals surface area (Å²) >= 11 is 0. The summed E-state index contributed by atoms with van der Waals surface area (Å²) in [6.45, 7) is 0.632. The van der Waals surface area contributed by atoms with Crippen LogP contribution < -0.4 is 0 Å². The zero-order valence-electron chi connectivity index (χ0n) is 13.0. The Labute approximate surface area is 143 Å². The lowest BCUT2D eigenvalue weighted by molar-refractivity contribution is -0.463. The summed E-state index contributed by atoms with van der Waals surface area (Å²) in [4.78, 5) is 11.1. The maximum atomic E-state index is 13.3. The van der Waals surface area contributed by atoms with Crippen molar-refractivity contribution in [3.63, 3.8) is 0 Å². The van der Waals surface area contributed by atoms with Crippen LogP contribution in [0.3, 0.4) is 0 Å². The van der Waals surface area contributed by atoms with E-state index in [2.05, 4.69) is 16.1 Å². The van der Waals surface area contributed by atoms with Crippen LogP contribution in [-0.2, 0) is 14.3 Å². The zero-order valence-corrected chi connectivity index (χ0v) is 13.0. The van der Waals surface area contributed by atoms with Gasteiger partial charge in [0.15, 0.2) is 0 Å². The highest BCUT2D eigenvalue weighted by atomic mass is 19.4. The second-order valence-corrected chi connectivity index (χ2v) is 5.05. The molecule has 4 nitrogen and oxygen atoms in total. The largest absolute Gasteiger partial charge is 0.454 e. The van der Waals surface area contributed by atoms with Gasteiger partial charge >= 0.3 is 36.0 Å². The molecule has 0 spiro atoms. The second-order valence-electron chi connectivity index (χ2n) is 5.05. The predicted octanol–water partition coefficient (Wildman–Crippen LogP) is 3.54. The first kappa shape index (κ1) is 25.4. The number of halogens is 11. The van der Waals surface area contributed by atoms with E-state index in [1.54, 1.807) is 0 Å². The number of hydrogen-bond acceptors (Lipinski definition) is 4. The Hall–Kier alpha value is -1.64. The van der Waals surface area contributed by atoms with Crippen molar-refractivity contribution in [3.8, 4) is 0 Å². The van der Waals surface area contributed by atoms with E-state index in [1.165, 1.54) is 0 Å². The molecule has 0 rings (SSSR count). The number of aliphatic hydroxyl groups excluding tert-OH is 1. The highest BCUT2D eigenvalue weighted by Crippen LogP contribution is 2.59. The van der Waals surface area contributed by atoms with Crippen LogP contribution in [0.1, 0.15) is 6.92 Å². The maximum Gasteiger partial charge on any atom is 0.438 e. The number of hydrogen-bond donors (Lipinski definition) is 1. The average Bonchev–Trinajstić information content (AvgIpc) is 2.47. The molecular weight excluding hydrogens is 417 g/mol. The molecule has 0 aliphatic carbocycles. The van der Waals surface area contributed by atoms with Crippen LogP contribution in [0, 0.1) is 0 Å². The summed E-state index contributed by atoms with van der Waals surface area (Å²) < 4.78 is 147. The van der Waals surface area contributed by atoms with Gasteiger partial charge < -0.3 is 14.6 Å². The number of ether oxygens (including phenoxy) is 2. The van der Waals surface area contributed by atoms with Gasteiger partial charge in [-0.1, -0.05) is 6.58 Å². The summed E-state index contributed by atoms with van der Waals surface area (Å²) in [7, 11) is 0. The van der Waals surface area contributed by atoms with Crippen molar-refractivity contribution in [1.29, 1.82) is 0 Å². The normalized spacial score (nSPS) is 15.4. The van der Waals surface area contributed by atoms with Crippen molar-refractivity contribution >= 4 is 5.97 Å². The van der Waals surface area contributed by atoms with Crippen LogP contribution in [0.2, 0.25) is 0 Å². The molecule has 0 heterocycles. The Morgan fingerprint density at radius 1 is 0.963 bits per heavy atom. The summed E-state index contributed by atoms with van der Waals surface area (Å²) in [5, 5.41) is 8.72. The van der Waals surface area contributed by atoms with Crippen molar-refractivity contribution in [1.82, 2.24) is 0 Å². The van der Waals surface area contributed by atoms with Crippen molar-refractivity contribution in [2.24, 2.45) is 0 Å². The lowest BCUT2D eigenvalue weighted by Crippen LogP contribution is -2.70. The van der Waals surface area contributed by atoms with Crippen molar-refractivity contribution < 1.29 is 67.7 Å². The first-order valence-electron chi connectivity index (χ1n) is 6.45. The molecule has 0 aliphatic rings. The smallest absolute Gasteiger partial charge is 0.438 e. The molecule has 15 heteroatoms. The van der Waals surface area contributed by atoms with Crippen molar-refractivity contribution in [2.75, 3.05) is 13.2 Å². The molecule has 1 N–H and O–H groups in total. The number of alkyl halides is 11. The molecule has 0 saturated carbocycles. The Morgan fingerprint density at radius 3 is 1.67 bits per heavy atom. The number of rotatable bonds is 8. The summed E-state index contributed by atoms with van der Waals surface area (Å²) in [6, 6.07) is 0. The third-order valence-electron chi connectivity index (χ3n) is 2.86. The van der Waals surface area contributed by atoms with Gasteiger partial charge in [-0.3, -0.25) is 0 Å². The minimum atomic E-state index is -7.67. The Kier molecular flexibility index (Phi) is 7.30. The van der Waals surface area contributed by atoms with Gasteiger partial charge in [0.2, 0.25) is 0 Å². The summed E-state index contributed by atoms with van der Waals surface area (Å²) in [5.41, 5.74) is -8.05. The molecule has 0 amide bonds. The average molecular weight is 428 g/mol. The fourth-order valence-corrected chi connectivity index (χ4v) is 1.38. The molecule has 160 valence electrons. The highest BCUT2D eigenvalue weighted by molar-refractivity contribution is 5.87. The van der Waals surface area contributed by atoms with Gasteiger partial charge in [-0.25, -0.2) is 9.18 Å². The van der Waals surface area contributed by atoms with Crippen LogP contribution in [0.25, 0.3) is 0 Å². The topological polar surface area (TPSA) is 55.8 Å². The summed E-state index contributed by atoms with van der Waals surface area (Å²) in [6.07, 6.45) is -23.9. The molecule has 0 aromatic carbocycles. The summed E-state index contributed by atoms with van der Waals surface area (Å²) in [5.74, 6) is -8.85. The van der Waals surface area contributed by atoms with Gasteiger partial charge in [-0.05, 0) is 6.92 Å². The molecule has 0 aromatic heterocycles.